The highest BCUT2D eigenvalue weighted by Crippen LogP contribution is 2.25. The molecular formula is C14H14N2O3. The number of carboxylic acids is 1. The summed E-state index contributed by atoms with van der Waals surface area (Å²) in [4.78, 5) is 14.9. The minimum atomic E-state index is -1.09. The topological polar surface area (TPSA) is 85.4 Å². The lowest BCUT2D eigenvalue weighted by Crippen LogP contribution is -2.04. The van der Waals surface area contributed by atoms with E-state index < -0.39 is 5.97 Å². The van der Waals surface area contributed by atoms with E-state index >= 15 is 0 Å². The van der Waals surface area contributed by atoms with Gasteiger partial charge in [-0.15, -0.1) is 0 Å². The number of ether oxygens (including phenoxy) is 1. The van der Waals surface area contributed by atoms with Crippen molar-refractivity contribution in [2.24, 2.45) is 0 Å². The number of hydrogen-bond donors (Lipinski definition) is 2. The Morgan fingerprint density at radius 1 is 1.37 bits per heavy atom. The average Bonchev–Trinajstić information content (AvgIpc) is 2.39. The number of rotatable bonds is 4. The van der Waals surface area contributed by atoms with Crippen molar-refractivity contribution in [2.75, 3.05) is 12.3 Å². The molecule has 98 valence electrons. The zero-order valence-electron chi connectivity index (χ0n) is 10.5. The summed E-state index contributed by atoms with van der Waals surface area (Å²) in [6, 6.07) is 8.90. The lowest BCUT2D eigenvalue weighted by Gasteiger charge is -2.07. The van der Waals surface area contributed by atoms with Gasteiger partial charge in [0.2, 0.25) is 0 Å². The second kappa shape index (κ2) is 5.39. The SMILES string of the molecule is CCOc1cccc(-c2cnc(N)c(C(=O)O)c2)c1. The van der Waals surface area contributed by atoms with Crippen molar-refractivity contribution < 1.29 is 14.6 Å². The number of benzene rings is 1. The minimum Gasteiger partial charge on any atom is -0.494 e. The van der Waals surface area contributed by atoms with Crippen LogP contribution in [-0.4, -0.2) is 22.7 Å². The van der Waals surface area contributed by atoms with Crippen molar-refractivity contribution in [1.29, 1.82) is 0 Å². The van der Waals surface area contributed by atoms with Crippen LogP contribution in [-0.2, 0) is 0 Å². The van der Waals surface area contributed by atoms with Gasteiger partial charge in [-0.1, -0.05) is 12.1 Å². The molecule has 0 amide bonds. The predicted molar refractivity (Wildman–Crippen MR) is 72.2 cm³/mol. The number of nitrogens with zero attached hydrogens (tertiary/aromatic N) is 1. The molecule has 0 saturated heterocycles. The Bertz CT molecular complexity index is 611. The number of pyridine rings is 1. The standard InChI is InChI=1S/C14H14N2O3/c1-2-19-11-5-3-4-9(6-11)10-7-12(14(17)18)13(15)16-8-10/h3-8H,2H2,1H3,(H2,15,16)(H,17,18). The van der Waals surface area contributed by atoms with Crippen LogP contribution in [0.1, 0.15) is 17.3 Å². The quantitative estimate of drug-likeness (QED) is 0.879. The molecule has 2 aromatic rings. The number of aromatic carboxylic acids is 1. The van der Waals surface area contributed by atoms with Crippen LogP contribution in [0.5, 0.6) is 5.75 Å². The lowest BCUT2D eigenvalue weighted by atomic mass is 10.1. The van der Waals surface area contributed by atoms with E-state index in [4.69, 9.17) is 15.6 Å². The van der Waals surface area contributed by atoms with Crippen LogP contribution in [0.4, 0.5) is 5.82 Å². The van der Waals surface area contributed by atoms with E-state index in [1.54, 1.807) is 6.20 Å². The fourth-order valence-electron chi connectivity index (χ4n) is 1.74. The maximum Gasteiger partial charge on any atom is 0.339 e. The summed E-state index contributed by atoms with van der Waals surface area (Å²) >= 11 is 0. The van der Waals surface area contributed by atoms with Gasteiger partial charge >= 0.3 is 5.97 Å². The molecule has 0 saturated carbocycles. The second-order valence-electron chi connectivity index (χ2n) is 3.92. The van der Waals surface area contributed by atoms with Gasteiger partial charge in [0.25, 0.3) is 0 Å². The summed E-state index contributed by atoms with van der Waals surface area (Å²) in [6.07, 6.45) is 1.55. The maximum absolute atomic E-state index is 11.0. The predicted octanol–water partition coefficient (Wildman–Crippen LogP) is 2.43. The van der Waals surface area contributed by atoms with Crippen LogP contribution in [0.3, 0.4) is 0 Å². The van der Waals surface area contributed by atoms with Crippen LogP contribution in [0, 0.1) is 0 Å². The second-order valence-corrected chi connectivity index (χ2v) is 3.92. The first-order valence-electron chi connectivity index (χ1n) is 5.84. The molecule has 0 aliphatic heterocycles. The molecule has 0 radical (unpaired) electrons. The molecule has 0 bridgehead atoms. The number of nitrogens with two attached hydrogens (primary N) is 1. The minimum absolute atomic E-state index is 0.000636. The van der Waals surface area contributed by atoms with Gasteiger partial charge in [0.15, 0.2) is 0 Å². The molecule has 1 heterocycles. The first kappa shape index (κ1) is 12.9. The van der Waals surface area contributed by atoms with E-state index in [2.05, 4.69) is 4.98 Å². The number of hydrogen-bond acceptors (Lipinski definition) is 4. The highest BCUT2D eigenvalue weighted by Gasteiger charge is 2.11. The highest BCUT2D eigenvalue weighted by molar-refractivity contribution is 5.94. The van der Waals surface area contributed by atoms with Crippen molar-refractivity contribution >= 4 is 11.8 Å². The third-order valence-corrected chi connectivity index (χ3v) is 2.63. The van der Waals surface area contributed by atoms with Crippen molar-refractivity contribution in [2.45, 2.75) is 6.92 Å². The van der Waals surface area contributed by atoms with Crippen LogP contribution in [0.15, 0.2) is 36.5 Å². The Hall–Kier alpha value is -2.56. The zero-order valence-corrected chi connectivity index (χ0v) is 10.5. The fraction of sp³-hybridized carbons (Fsp3) is 0.143. The Labute approximate surface area is 110 Å². The molecule has 0 spiro atoms. The van der Waals surface area contributed by atoms with Gasteiger partial charge in [0.1, 0.15) is 17.1 Å². The van der Waals surface area contributed by atoms with Gasteiger partial charge in [0, 0.05) is 11.8 Å². The van der Waals surface area contributed by atoms with Crippen molar-refractivity contribution in [1.82, 2.24) is 4.98 Å². The molecule has 2 rings (SSSR count). The van der Waals surface area contributed by atoms with E-state index in [1.165, 1.54) is 6.07 Å². The van der Waals surface area contributed by atoms with Crippen LogP contribution in [0.25, 0.3) is 11.1 Å². The van der Waals surface area contributed by atoms with Crippen LogP contribution >= 0.6 is 0 Å². The first-order valence-corrected chi connectivity index (χ1v) is 5.84. The Morgan fingerprint density at radius 3 is 2.84 bits per heavy atom. The smallest absolute Gasteiger partial charge is 0.339 e. The summed E-state index contributed by atoms with van der Waals surface area (Å²) < 4.78 is 5.41. The molecule has 5 nitrogen and oxygen atoms in total. The van der Waals surface area contributed by atoms with Crippen LogP contribution in [0.2, 0.25) is 0 Å². The fourth-order valence-corrected chi connectivity index (χ4v) is 1.74. The van der Waals surface area contributed by atoms with E-state index in [0.717, 1.165) is 11.3 Å². The molecule has 0 aliphatic rings. The monoisotopic (exact) mass is 258 g/mol. The lowest BCUT2D eigenvalue weighted by molar-refractivity contribution is 0.0697. The maximum atomic E-state index is 11.0. The Morgan fingerprint density at radius 2 is 2.16 bits per heavy atom. The third kappa shape index (κ3) is 2.82. The Balaban J connectivity index is 2.44. The molecular weight excluding hydrogens is 244 g/mol. The largest absolute Gasteiger partial charge is 0.494 e. The number of nitrogen functional groups attached to an aromatic ring is 1. The van der Waals surface area contributed by atoms with E-state index in [1.807, 2.05) is 31.2 Å². The number of anilines is 1. The van der Waals surface area contributed by atoms with Crippen molar-refractivity contribution in [3.63, 3.8) is 0 Å². The van der Waals surface area contributed by atoms with E-state index in [9.17, 15) is 4.79 Å². The molecule has 0 fully saturated rings. The summed E-state index contributed by atoms with van der Waals surface area (Å²) in [6.45, 7) is 2.48. The number of carbonyl (C=O) groups is 1. The molecule has 1 aromatic heterocycles. The molecule has 0 atom stereocenters. The van der Waals surface area contributed by atoms with Crippen molar-refractivity contribution in [3.8, 4) is 16.9 Å². The zero-order chi connectivity index (χ0) is 13.8. The Kier molecular flexibility index (Phi) is 3.66. The van der Waals surface area contributed by atoms with Gasteiger partial charge < -0.3 is 15.6 Å². The number of carboxylic acid groups (broad SMARTS) is 1. The summed E-state index contributed by atoms with van der Waals surface area (Å²) in [5.41, 5.74) is 7.05. The third-order valence-electron chi connectivity index (χ3n) is 2.63. The summed E-state index contributed by atoms with van der Waals surface area (Å²) in [5.74, 6) is -0.348. The van der Waals surface area contributed by atoms with Gasteiger partial charge in [0.05, 0.1) is 6.61 Å². The molecule has 3 N–H and O–H groups in total. The van der Waals surface area contributed by atoms with Gasteiger partial charge in [-0.25, -0.2) is 9.78 Å². The van der Waals surface area contributed by atoms with Gasteiger partial charge in [-0.05, 0) is 30.7 Å². The number of aromatic nitrogens is 1. The molecule has 0 aliphatic carbocycles. The van der Waals surface area contributed by atoms with Gasteiger partial charge in [-0.3, -0.25) is 0 Å². The average molecular weight is 258 g/mol. The first-order chi connectivity index (χ1) is 9.11. The molecule has 1 aromatic carbocycles. The van der Waals surface area contributed by atoms with E-state index in [0.29, 0.717) is 12.2 Å². The highest BCUT2D eigenvalue weighted by atomic mass is 16.5. The molecule has 5 heteroatoms. The molecule has 19 heavy (non-hydrogen) atoms. The summed E-state index contributed by atoms with van der Waals surface area (Å²) in [5, 5.41) is 9.03. The molecule has 0 unspecified atom stereocenters. The van der Waals surface area contributed by atoms with Gasteiger partial charge in [-0.2, -0.15) is 0 Å². The van der Waals surface area contributed by atoms with Crippen molar-refractivity contribution in [3.05, 3.63) is 42.1 Å². The van der Waals surface area contributed by atoms with Crippen LogP contribution < -0.4 is 10.5 Å². The van der Waals surface area contributed by atoms with E-state index in [-0.39, 0.29) is 11.4 Å². The summed E-state index contributed by atoms with van der Waals surface area (Å²) in [7, 11) is 0. The normalized spacial score (nSPS) is 10.2.